The van der Waals surface area contributed by atoms with Crippen LogP contribution in [0.3, 0.4) is 0 Å². The minimum absolute atomic E-state index is 0.0648. The summed E-state index contributed by atoms with van der Waals surface area (Å²) in [5.74, 6) is -19.7. The SMILES string of the molecule is CCC12COC(c3cc(F)c(C(F)(F)Oc4cc(F)c(C(F)(F)Oc5cc(F)c(C(F)(F)OC(F)(F)F)c(F)c5)c(F)c4)c(F)c3)(OC1)O2. The molecule has 0 saturated carbocycles. The monoisotopic (exact) mass is 732 g/mol. The molecule has 0 unspecified atom stereocenters. The van der Waals surface area contributed by atoms with Crippen LogP contribution in [0.4, 0.5) is 65.9 Å². The van der Waals surface area contributed by atoms with Crippen LogP contribution in [0.1, 0.15) is 35.6 Å². The van der Waals surface area contributed by atoms with Crippen molar-refractivity contribution in [2.75, 3.05) is 13.2 Å². The molecule has 0 aromatic heterocycles. The van der Waals surface area contributed by atoms with E-state index in [2.05, 4.69) is 14.2 Å². The Bertz CT molecular complexity index is 1700. The third-order valence-corrected chi connectivity index (χ3v) is 7.08. The molecule has 21 heteroatoms. The number of fused-ring (bicyclic) bond motifs is 2. The lowest BCUT2D eigenvalue weighted by Gasteiger charge is -2.26. The highest BCUT2D eigenvalue weighted by Crippen LogP contribution is 2.49. The van der Waals surface area contributed by atoms with Gasteiger partial charge in [-0.2, -0.15) is 26.3 Å². The normalized spacial score (nSPS) is 21.4. The van der Waals surface area contributed by atoms with Gasteiger partial charge in [-0.25, -0.2) is 31.1 Å². The van der Waals surface area contributed by atoms with Gasteiger partial charge in [-0.1, -0.05) is 6.92 Å². The molecule has 268 valence electrons. The number of ether oxygens (including phenoxy) is 6. The van der Waals surface area contributed by atoms with Gasteiger partial charge >= 0.3 is 30.7 Å². The molecule has 6 nitrogen and oxygen atoms in total. The lowest BCUT2D eigenvalue weighted by molar-refractivity contribution is -0.432. The lowest BCUT2D eigenvalue weighted by atomic mass is 10.0. The van der Waals surface area contributed by atoms with Crippen molar-refractivity contribution < 1.29 is 94.3 Å². The van der Waals surface area contributed by atoms with Crippen LogP contribution >= 0.6 is 0 Å². The van der Waals surface area contributed by atoms with Gasteiger partial charge in [0.05, 0.1) is 13.2 Å². The standard InChI is InChI=1S/C28H15F15O6/c1-2-23-9-44-27(48-23,45-10-23)11-3-14(29)20(15(30)4-11)24(35,36)46-12-5-16(31)21(17(32)6-12)25(37,38)47-13-7-18(33)22(19(34)8-13)26(39,40)49-28(41,42)43/h3-8H,2,9-10H2,1H3. The highest BCUT2D eigenvalue weighted by atomic mass is 19.4. The van der Waals surface area contributed by atoms with Gasteiger partial charge in [0.2, 0.25) is 0 Å². The average molecular weight is 732 g/mol. The first kappa shape index (κ1) is 36.3. The van der Waals surface area contributed by atoms with Crippen molar-refractivity contribution in [1.82, 2.24) is 0 Å². The van der Waals surface area contributed by atoms with Crippen molar-refractivity contribution in [3.8, 4) is 11.5 Å². The molecule has 0 atom stereocenters. The molecule has 2 bridgehead atoms. The molecule has 0 radical (unpaired) electrons. The first-order chi connectivity index (χ1) is 22.4. The molecular weight excluding hydrogens is 717 g/mol. The van der Waals surface area contributed by atoms with Crippen molar-refractivity contribution in [1.29, 1.82) is 0 Å². The van der Waals surface area contributed by atoms with Gasteiger partial charge in [0.25, 0.3) is 0 Å². The second kappa shape index (κ2) is 11.8. The molecule has 0 N–H and O–H groups in total. The molecule has 2 saturated heterocycles. The van der Waals surface area contributed by atoms with Crippen molar-refractivity contribution in [2.45, 2.75) is 49.6 Å². The number of rotatable bonds is 10. The Morgan fingerprint density at radius 1 is 0.571 bits per heavy atom. The van der Waals surface area contributed by atoms with Gasteiger partial charge in [-0.15, -0.1) is 13.2 Å². The highest BCUT2D eigenvalue weighted by Gasteiger charge is 2.60. The van der Waals surface area contributed by atoms with Gasteiger partial charge in [0.15, 0.2) is 0 Å². The van der Waals surface area contributed by atoms with Crippen molar-refractivity contribution in [3.63, 3.8) is 0 Å². The van der Waals surface area contributed by atoms with E-state index in [9.17, 15) is 65.9 Å². The van der Waals surface area contributed by atoms with Crippen LogP contribution < -0.4 is 9.47 Å². The molecule has 2 fully saturated rings. The van der Waals surface area contributed by atoms with E-state index in [1.807, 2.05) is 0 Å². The summed E-state index contributed by atoms with van der Waals surface area (Å²) in [6.45, 7) is 1.56. The van der Waals surface area contributed by atoms with E-state index >= 15 is 0 Å². The molecule has 49 heavy (non-hydrogen) atoms. The predicted octanol–water partition coefficient (Wildman–Crippen LogP) is 8.70. The molecule has 3 aromatic carbocycles. The Morgan fingerprint density at radius 3 is 1.24 bits per heavy atom. The molecular formula is C28H15F15O6. The molecule has 2 aliphatic rings. The first-order valence-corrected chi connectivity index (χ1v) is 13.2. The molecule has 2 heterocycles. The first-order valence-electron chi connectivity index (χ1n) is 13.2. The van der Waals surface area contributed by atoms with E-state index in [-0.39, 0.29) is 25.3 Å². The minimum atomic E-state index is -6.13. The number of hydrogen-bond donors (Lipinski definition) is 0. The smallest absolute Gasteiger partial charge is 0.429 e. The van der Waals surface area contributed by atoms with E-state index in [0.717, 1.165) is 0 Å². The Morgan fingerprint density at radius 2 is 0.918 bits per heavy atom. The van der Waals surface area contributed by atoms with Crippen LogP contribution in [0.5, 0.6) is 11.5 Å². The fourth-order valence-corrected chi connectivity index (χ4v) is 4.84. The number of benzene rings is 3. The zero-order valence-corrected chi connectivity index (χ0v) is 23.7. The number of alkyl halides is 9. The van der Waals surface area contributed by atoms with Gasteiger partial charge in [-0.05, 0) is 18.6 Å². The second-order valence-corrected chi connectivity index (χ2v) is 10.4. The van der Waals surface area contributed by atoms with Gasteiger partial charge in [0.1, 0.15) is 68.7 Å². The Hall–Kier alpha value is -3.95. The third-order valence-electron chi connectivity index (χ3n) is 7.08. The number of hydrogen-bond acceptors (Lipinski definition) is 6. The maximum atomic E-state index is 14.9. The van der Waals surface area contributed by atoms with Crippen molar-refractivity contribution in [2.24, 2.45) is 0 Å². The quantitative estimate of drug-likeness (QED) is 0.195. The minimum Gasteiger partial charge on any atom is -0.429 e. The van der Waals surface area contributed by atoms with E-state index in [1.165, 1.54) is 0 Å². The molecule has 5 rings (SSSR count). The van der Waals surface area contributed by atoms with Crippen LogP contribution in [0.25, 0.3) is 0 Å². The fraction of sp³-hybridized carbons (Fsp3) is 0.357. The van der Waals surface area contributed by atoms with Gasteiger partial charge < -0.3 is 23.7 Å². The summed E-state index contributed by atoms with van der Waals surface area (Å²) < 4.78 is 237. The average Bonchev–Trinajstić information content (AvgIpc) is 3.48. The van der Waals surface area contributed by atoms with Crippen LogP contribution in [0.15, 0.2) is 36.4 Å². The molecule has 2 aliphatic heterocycles. The Labute approximate surface area is 262 Å². The predicted molar refractivity (Wildman–Crippen MR) is 127 cm³/mol. The lowest BCUT2D eigenvalue weighted by Crippen LogP contribution is -2.34. The van der Waals surface area contributed by atoms with Crippen LogP contribution in [0, 0.1) is 34.9 Å². The van der Waals surface area contributed by atoms with Crippen molar-refractivity contribution in [3.05, 3.63) is 93.6 Å². The second-order valence-electron chi connectivity index (χ2n) is 10.4. The summed E-state index contributed by atoms with van der Waals surface area (Å²) in [5.41, 5.74) is -8.74. The van der Waals surface area contributed by atoms with Gasteiger partial charge in [-0.3, -0.25) is 0 Å². The summed E-state index contributed by atoms with van der Waals surface area (Å²) in [5, 5.41) is 0. The summed E-state index contributed by atoms with van der Waals surface area (Å²) in [4.78, 5) is 0. The molecule has 0 spiro atoms. The number of halogens is 15. The van der Waals surface area contributed by atoms with Crippen LogP contribution in [0.2, 0.25) is 0 Å². The van der Waals surface area contributed by atoms with Crippen LogP contribution in [-0.4, -0.2) is 25.2 Å². The Balaban J connectivity index is 1.38. The summed E-state index contributed by atoms with van der Waals surface area (Å²) in [6, 6.07) is -0.987. The van der Waals surface area contributed by atoms with Crippen molar-refractivity contribution >= 4 is 0 Å². The van der Waals surface area contributed by atoms with E-state index < -0.39 is 117 Å². The van der Waals surface area contributed by atoms with Gasteiger partial charge in [0, 0.05) is 29.8 Å². The Kier molecular flexibility index (Phi) is 8.78. The molecule has 0 aliphatic carbocycles. The zero-order valence-electron chi connectivity index (χ0n) is 23.7. The molecule has 0 amide bonds. The zero-order chi connectivity index (χ0) is 36.5. The topological polar surface area (TPSA) is 55.4 Å². The van der Waals surface area contributed by atoms with Crippen LogP contribution in [-0.2, 0) is 43.2 Å². The summed E-state index contributed by atoms with van der Waals surface area (Å²) in [7, 11) is 0. The largest absolute Gasteiger partial charge is 0.527 e. The van der Waals surface area contributed by atoms with E-state index in [0.29, 0.717) is 18.6 Å². The maximum Gasteiger partial charge on any atom is 0.527 e. The van der Waals surface area contributed by atoms with E-state index in [4.69, 9.17) is 14.2 Å². The van der Waals surface area contributed by atoms with E-state index in [1.54, 1.807) is 6.92 Å². The maximum absolute atomic E-state index is 14.9. The molecule has 3 aromatic rings. The highest BCUT2D eigenvalue weighted by molar-refractivity contribution is 5.37. The summed E-state index contributed by atoms with van der Waals surface area (Å²) in [6.07, 6.45) is -21.9. The third kappa shape index (κ3) is 6.80. The summed E-state index contributed by atoms with van der Waals surface area (Å²) >= 11 is 0. The fourth-order valence-electron chi connectivity index (χ4n) is 4.84.